The fourth-order valence-electron chi connectivity index (χ4n) is 3.08. The van der Waals surface area contributed by atoms with Crippen LogP contribution in [0.25, 0.3) is 0 Å². The van der Waals surface area contributed by atoms with E-state index >= 15 is 0 Å². The Balaban J connectivity index is 1.69. The Morgan fingerprint density at radius 2 is 1.59 bits per heavy atom. The van der Waals surface area contributed by atoms with Crippen LogP contribution in [0.2, 0.25) is 0 Å². The van der Waals surface area contributed by atoms with Gasteiger partial charge in [-0.15, -0.1) is 0 Å². The van der Waals surface area contributed by atoms with Gasteiger partial charge in [0.2, 0.25) is 0 Å². The third-order valence-corrected chi connectivity index (χ3v) is 4.22. The molecule has 1 atom stereocenters. The zero-order chi connectivity index (χ0) is 15.2. The summed E-state index contributed by atoms with van der Waals surface area (Å²) in [7, 11) is 0. The molecule has 0 aromatic heterocycles. The molecule has 1 saturated heterocycles. The minimum atomic E-state index is 0.507. The van der Waals surface area contributed by atoms with Crippen molar-refractivity contribution >= 4 is 0 Å². The third-order valence-electron chi connectivity index (χ3n) is 4.22. The van der Waals surface area contributed by atoms with E-state index in [2.05, 4.69) is 41.4 Å². The summed E-state index contributed by atoms with van der Waals surface area (Å²) in [5, 5.41) is 3.42. The van der Waals surface area contributed by atoms with Crippen LogP contribution < -0.4 is 10.1 Å². The van der Waals surface area contributed by atoms with Gasteiger partial charge in [-0.1, -0.05) is 37.3 Å². The first-order valence-corrected chi connectivity index (χ1v) is 8.14. The van der Waals surface area contributed by atoms with Crippen molar-refractivity contribution in [3.8, 4) is 11.5 Å². The molecule has 3 heteroatoms. The van der Waals surface area contributed by atoms with Crippen molar-refractivity contribution in [1.29, 1.82) is 0 Å². The van der Waals surface area contributed by atoms with Crippen LogP contribution in [-0.4, -0.2) is 31.1 Å². The van der Waals surface area contributed by atoms with Crippen molar-refractivity contribution in [2.45, 2.75) is 19.4 Å². The molecule has 1 heterocycles. The molecule has 116 valence electrons. The average molecular weight is 296 g/mol. The van der Waals surface area contributed by atoms with Crippen molar-refractivity contribution in [2.24, 2.45) is 0 Å². The highest BCUT2D eigenvalue weighted by atomic mass is 16.5. The lowest BCUT2D eigenvalue weighted by atomic mass is 10.0. The van der Waals surface area contributed by atoms with Crippen LogP contribution in [0.15, 0.2) is 54.6 Å². The average Bonchev–Trinajstić information content (AvgIpc) is 2.59. The van der Waals surface area contributed by atoms with Crippen molar-refractivity contribution < 1.29 is 4.74 Å². The van der Waals surface area contributed by atoms with Gasteiger partial charge in [0, 0.05) is 32.2 Å². The van der Waals surface area contributed by atoms with Crippen LogP contribution in [0.1, 0.15) is 24.9 Å². The number of para-hydroxylation sites is 1. The maximum atomic E-state index is 5.87. The first-order chi connectivity index (χ1) is 10.9. The highest BCUT2D eigenvalue weighted by Gasteiger charge is 2.20. The van der Waals surface area contributed by atoms with Crippen LogP contribution in [-0.2, 0) is 0 Å². The second-order valence-corrected chi connectivity index (χ2v) is 5.69. The molecule has 0 bridgehead atoms. The maximum Gasteiger partial charge on any atom is 0.127 e. The fourth-order valence-corrected chi connectivity index (χ4v) is 3.08. The minimum absolute atomic E-state index is 0.507. The van der Waals surface area contributed by atoms with Crippen LogP contribution in [0.5, 0.6) is 11.5 Å². The highest BCUT2D eigenvalue weighted by molar-refractivity contribution is 5.34. The monoisotopic (exact) mass is 296 g/mol. The lowest BCUT2D eigenvalue weighted by Gasteiger charge is -2.34. The predicted octanol–water partition coefficient (Wildman–Crippen LogP) is 3.84. The van der Waals surface area contributed by atoms with E-state index in [4.69, 9.17) is 4.74 Å². The van der Waals surface area contributed by atoms with E-state index in [1.807, 2.05) is 30.3 Å². The van der Waals surface area contributed by atoms with E-state index in [9.17, 15) is 0 Å². The fraction of sp³-hybridized carbons (Fsp3) is 0.368. The molecule has 0 amide bonds. The van der Waals surface area contributed by atoms with E-state index in [1.165, 1.54) is 5.56 Å². The summed E-state index contributed by atoms with van der Waals surface area (Å²) in [5.74, 6) is 1.77. The molecule has 1 N–H and O–H groups in total. The first kappa shape index (κ1) is 15.1. The zero-order valence-electron chi connectivity index (χ0n) is 13.2. The van der Waals surface area contributed by atoms with Crippen molar-refractivity contribution in [2.75, 3.05) is 26.2 Å². The predicted molar refractivity (Wildman–Crippen MR) is 90.4 cm³/mol. The molecule has 0 radical (unpaired) electrons. The summed E-state index contributed by atoms with van der Waals surface area (Å²) in [4.78, 5) is 2.57. The highest BCUT2D eigenvalue weighted by Crippen LogP contribution is 2.28. The van der Waals surface area contributed by atoms with Crippen molar-refractivity contribution in [3.63, 3.8) is 0 Å². The minimum Gasteiger partial charge on any atom is -0.457 e. The quantitative estimate of drug-likeness (QED) is 0.907. The molecule has 3 rings (SSSR count). The molecule has 0 unspecified atom stereocenters. The molecule has 2 aromatic rings. The lowest BCUT2D eigenvalue weighted by Crippen LogP contribution is -2.45. The Morgan fingerprint density at radius 3 is 2.23 bits per heavy atom. The summed E-state index contributed by atoms with van der Waals surface area (Å²) in [5.41, 5.74) is 1.38. The van der Waals surface area contributed by atoms with E-state index in [0.717, 1.165) is 44.1 Å². The molecule has 0 spiro atoms. The van der Waals surface area contributed by atoms with Gasteiger partial charge in [0.15, 0.2) is 0 Å². The van der Waals surface area contributed by atoms with Crippen molar-refractivity contribution in [3.05, 3.63) is 60.2 Å². The molecule has 0 aliphatic carbocycles. The molecule has 1 aliphatic heterocycles. The van der Waals surface area contributed by atoms with E-state index < -0.39 is 0 Å². The topological polar surface area (TPSA) is 24.5 Å². The largest absolute Gasteiger partial charge is 0.457 e. The summed E-state index contributed by atoms with van der Waals surface area (Å²) >= 11 is 0. The standard InChI is InChI=1S/C19H24N2O/c1-2-19(21-14-12-20-13-15-21)16-8-10-18(11-9-16)22-17-6-4-3-5-7-17/h3-11,19-20H,2,12-15H2,1H3/t19-/m0/s1. The Hall–Kier alpha value is -1.84. The third kappa shape index (κ3) is 3.67. The van der Waals surface area contributed by atoms with Crippen LogP contribution in [0, 0.1) is 0 Å². The number of piperazine rings is 1. The number of nitrogens with zero attached hydrogens (tertiary/aromatic N) is 1. The number of hydrogen-bond donors (Lipinski definition) is 1. The Labute approximate surface area is 132 Å². The van der Waals surface area contributed by atoms with Gasteiger partial charge in [-0.3, -0.25) is 4.90 Å². The van der Waals surface area contributed by atoms with Crippen molar-refractivity contribution in [1.82, 2.24) is 10.2 Å². The number of rotatable bonds is 5. The van der Waals surface area contributed by atoms with Gasteiger partial charge < -0.3 is 10.1 Å². The molecule has 3 nitrogen and oxygen atoms in total. The van der Waals surface area contributed by atoms with Crippen LogP contribution in [0.3, 0.4) is 0 Å². The van der Waals surface area contributed by atoms with Gasteiger partial charge in [-0.2, -0.15) is 0 Å². The van der Waals surface area contributed by atoms with E-state index in [0.29, 0.717) is 6.04 Å². The molecular formula is C19H24N2O. The SMILES string of the molecule is CC[C@@H](c1ccc(Oc2ccccc2)cc1)N1CCNCC1. The summed E-state index contributed by atoms with van der Waals surface area (Å²) in [6, 6.07) is 19.0. The van der Waals surface area contributed by atoms with Gasteiger partial charge in [-0.25, -0.2) is 0 Å². The smallest absolute Gasteiger partial charge is 0.127 e. The molecule has 22 heavy (non-hydrogen) atoms. The van der Waals surface area contributed by atoms with E-state index in [1.54, 1.807) is 0 Å². The van der Waals surface area contributed by atoms with Gasteiger partial charge in [-0.05, 0) is 36.2 Å². The normalized spacial score (nSPS) is 17.1. The maximum absolute atomic E-state index is 5.87. The van der Waals surface area contributed by atoms with Crippen LogP contribution in [0.4, 0.5) is 0 Å². The molecule has 2 aromatic carbocycles. The van der Waals surface area contributed by atoms with E-state index in [-0.39, 0.29) is 0 Å². The van der Waals surface area contributed by atoms with Gasteiger partial charge >= 0.3 is 0 Å². The second-order valence-electron chi connectivity index (χ2n) is 5.69. The zero-order valence-corrected chi connectivity index (χ0v) is 13.2. The number of ether oxygens (including phenoxy) is 1. The summed E-state index contributed by atoms with van der Waals surface area (Å²) < 4.78 is 5.87. The molecule has 0 saturated carbocycles. The Bertz CT molecular complexity index is 562. The summed E-state index contributed by atoms with van der Waals surface area (Å²) in [6.45, 7) is 6.69. The molecular weight excluding hydrogens is 272 g/mol. The number of hydrogen-bond acceptors (Lipinski definition) is 3. The lowest BCUT2D eigenvalue weighted by molar-refractivity contribution is 0.169. The Morgan fingerprint density at radius 1 is 0.955 bits per heavy atom. The molecule has 1 aliphatic rings. The Kier molecular flexibility index (Phi) is 5.09. The second kappa shape index (κ2) is 7.43. The van der Waals surface area contributed by atoms with Crippen LogP contribution >= 0.6 is 0 Å². The number of nitrogens with one attached hydrogen (secondary N) is 1. The number of benzene rings is 2. The van der Waals surface area contributed by atoms with Gasteiger partial charge in [0.1, 0.15) is 11.5 Å². The van der Waals surface area contributed by atoms with Gasteiger partial charge in [0.25, 0.3) is 0 Å². The first-order valence-electron chi connectivity index (χ1n) is 8.14. The summed E-state index contributed by atoms with van der Waals surface area (Å²) in [6.07, 6.45) is 1.14. The van der Waals surface area contributed by atoms with Gasteiger partial charge in [0.05, 0.1) is 0 Å². The molecule has 1 fully saturated rings.